The van der Waals surface area contributed by atoms with Crippen molar-refractivity contribution in [2.75, 3.05) is 6.61 Å². The van der Waals surface area contributed by atoms with Crippen LogP contribution in [0.3, 0.4) is 0 Å². The molecule has 100 valence electrons. The topological polar surface area (TPSA) is 38.3 Å². The number of carbonyl (C=O) groups excluding carboxylic acids is 1. The van der Waals surface area contributed by atoms with Crippen LogP contribution in [-0.4, -0.2) is 24.2 Å². The van der Waals surface area contributed by atoms with Crippen molar-refractivity contribution < 1.29 is 9.53 Å². The maximum Gasteiger partial charge on any atom is 0.326 e. The summed E-state index contributed by atoms with van der Waals surface area (Å²) >= 11 is 0. The lowest BCUT2D eigenvalue weighted by Gasteiger charge is -2.35. The molecule has 1 fully saturated rings. The maximum absolute atomic E-state index is 12.2. The summed E-state index contributed by atoms with van der Waals surface area (Å²) in [6, 6.07) is 0.318. The highest BCUT2D eigenvalue weighted by molar-refractivity contribution is 5.81. The Morgan fingerprint density at radius 1 is 1.18 bits per heavy atom. The standard InChI is InChI=1S/C14H27NO2/c1-4-17-13(16)14(15-12(2)3)10-8-6-5-7-9-11-14/h12,15H,4-11H2,1-3H3. The molecule has 1 N–H and O–H groups in total. The zero-order chi connectivity index (χ0) is 12.7. The van der Waals surface area contributed by atoms with E-state index in [2.05, 4.69) is 19.2 Å². The van der Waals surface area contributed by atoms with Crippen molar-refractivity contribution in [1.29, 1.82) is 0 Å². The van der Waals surface area contributed by atoms with Crippen LogP contribution in [0.4, 0.5) is 0 Å². The van der Waals surface area contributed by atoms with E-state index in [0.717, 1.165) is 25.7 Å². The highest BCUT2D eigenvalue weighted by atomic mass is 16.5. The fourth-order valence-electron chi connectivity index (χ4n) is 2.74. The molecule has 0 aromatic heterocycles. The van der Waals surface area contributed by atoms with Crippen LogP contribution < -0.4 is 5.32 Å². The summed E-state index contributed by atoms with van der Waals surface area (Å²) < 4.78 is 5.28. The first-order valence-electron chi connectivity index (χ1n) is 7.05. The van der Waals surface area contributed by atoms with Crippen molar-refractivity contribution >= 4 is 5.97 Å². The fraction of sp³-hybridized carbons (Fsp3) is 0.929. The molecular weight excluding hydrogens is 214 g/mol. The molecule has 0 aromatic rings. The summed E-state index contributed by atoms with van der Waals surface area (Å²) in [5.41, 5.74) is -0.426. The Morgan fingerprint density at radius 2 is 1.71 bits per heavy atom. The molecule has 0 radical (unpaired) electrons. The minimum Gasteiger partial charge on any atom is -0.465 e. The maximum atomic E-state index is 12.2. The van der Waals surface area contributed by atoms with Crippen LogP contribution in [0.2, 0.25) is 0 Å². The van der Waals surface area contributed by atoms with Crippen molar-refractivity contribution in [2.24, 2.45) is 0 Å². The molecule has 3 heteroatoms. The van der Waals surface area contributed by atoms with Gasteiger partial charge in [-0.25, -0.2) is 0 Å². The van der Waals surface area contributed by atoms with Gasteiger partial charge in [0.15, 0.2) is 0 Å². The van der Waals surface area contributed by atoms with E-state index in [1.165, 1.54) is 19.3 Å². The normalized spacial score (nSPS) is 20.7. The van der Waals surface area contributed by atoms with Crippen molar-refractivity contribution in [2.45, 2.75) is 77.3 Å². The molecule has 0 saturated heterocycles. The number of hydrogen-bond donors (Lipinski definition) is 1. The van der Waals surface area contributed by atoms with Gasteiger partial charge in [0.2, 0.25) is 0 Å². The molecule has 3 nitrogen and oxygen atoms in total. The van der Waals surface area contributed by atoms with Crippen LogP contribution in [0, 0.1) is 0 Å². The molecule has 0 atom stereocenters. The molecule has 0 aliphatic heterocycles. The van der Waals surface area contributed by atoms with Gasteiger partial charge in [0.05, 0.1) is 6.61 Å². The molecule has 0 spiro atoms. The fourth-order valence-corrected chi connectivity index (χ4v) is 2.74. The summed E-state index contributed by atoms with van der Waals surface area (Å²) in [5.74, 6) is -0.0457. The zero-order valence-corrected chi connectivity index (χ0v) is 11.6. The van der Waals surface area contributed by atoms with E-state index in [9.17, 15) is 4.79 Å². The highest BCUT2D eigenvalue weighted by Gasteiger charge is 2.39. The minimum absolute atomic E-state index is 0.0457. The highest BCUT2D eigenvalue weighted by Crippen LogP contribution is 2.28. The smallest absolute Gasteiger partial charge is 0.326 e. The van der Waals surface area contributed by atoms with E-state index >= 15 is 0 Å². The average molecular weight is 241 g/mol. The van der Waals surface area contributed by atoms with Crippen LogP contribution in [-0.2, 0) is 9.53 Å². The van der Waals surface area contributed by atoms with Crippen LogP contribution >= 0.6 is 0 Å². The van der Waals surface area contributed by atoms with Crippen LogP contribution in [0.1, 0.15) is 65.7 Å². The second-order valence-corrected chi connectivity index (χ2v) is 5.37. The number of ether oxygens (including phenoxy) is 1. The molecule has 0 aromatic carbocycles. The zero-order valence-electron chi connectivity index (χ0n) is 11.6. The van der Waals surface area contributed by atoms with E-state index in [-0.39, 0.29) is 5.97 Å². The van der Waals surface area contributed by atoms with E-state index in [1.54, 1.807) is 0 Å². The van der Waals surface area contributed by atoms with Gasteiger partial charge in [0.1, 0.15) is 5.54 Å². The monoisotopic (exact) mass is 241 g/mol. The van der Waals surface area contributed by atoms with Gasteiger partial charge in [-0.1, -0.05) is 32.1 Å². The first-order valence-corrected chi connectivity index (χ1v) is 7.05. The minimum atomic E-state index is -0.426. The van der Waals surface area contributed by atoms with Crippen molar-refractivity contribution in [3.05, 3.63) is 0 Å². The lowest BCUT2D eigenvalue weighted by molar-refractivity contribution is -0.152. The second kappa shape index (κ2) is 7.00. The summed E-state index contributed by atoms with van der Waals surface area (Å²) in [4.78, 5) is 12.2. The van der Waals surface area contributed by atoms with Gasteiger partial charge in [-0.2, -0.15) is 0 Å². The molecule has 0 amide bonds. The third kappa shape index (κ3) is 4.30. The molecule has 1 aliphatic carbocycles. The van der Waals surface area contributed by atoms with Gasteiger partial charge in [0.25, 0.3) is 0 Å². The van der Waals surface area contributed by atoms with Gasteiger partial charge < -0.3 is 4.74 Å². The van der Waals surface area contributed by atoms with Crippen LogP contribution in [0.15, 0.2) is 0 Å². The Labute approximate surface area is 105 Å². The van der Waals surface area contributed by atoms with Gasteiger partial charge in [0, 0.05) is 6.04 Å². The molecule has 0 bridgehead atoms. The Kier molecular flexibility index (Phi) is 5.96. The third-order valence-corrected chi connectivity index (χ3v) is 3.44. The predicted octanol–water partition coefficient (Wildman–Crippen LogP) is 3.03. The predicted molar refractivity (Wildman–Crippen MR) is 70.0 cm³/mol. The summed E-state index contributed by atoms with van der Waals surface area (Å²) in [5, 5.41) is 3.47. The van der Waals surface area contributed by atoms with E-state index in [1.807, 2.05) is 6.92 Å². The first kappa shape index (κ1) is 14.5. The van der Waals surface area contributed by atoms with Gasteiger partial charge in [-0.15, -0.1) is 0 Å². The van der Waals surface area contributed by atoms with E-state index < -0.39 is 5.54 Å². The van der Waals surface area contributed by atoms with Crippen LogP contribution in [0.25, 0.3) is 0 Å². The van der Waals surface area contributed by atoms with Gasteiger partial charge in [-0.3, -0.25) is 10.1 Å². The summed E-state index contributed by atoms with van der Waals surface area (Å²) in [6.45, 7) is 6.55. The Morgan fingerprint density at radius 3 is 2.18 bits per heavy atom. The Balaban J connectivity index is 2.76. The Bertz CT molecular complexity index is 230. The second-order valence-electron chi connectivity index (χ2n) is 5.37. The molecule has 1 rings (SSSR count). The van der Waals surface area contributed by atoms with Crippen molar-refractivity contribution in [3.63, 3.8) is 0 Å². The SMILES string of the molecule is CCOC(=O)C1(NC(C)C)CCCCCCC1. The molecule has 1 saturated carbocycles. The number of rotatable bonds is 4. The van der Waals surface area contributed by atoms with E-state index in [4.69, 9.17) is 4.74 Å². The summed E-state index contributed by atoms with van der Waals surface area (Å²) in [7, 11) is 0. The van der Waals surface area contributed by atoms with Gasteiger partial charge in [-0.05, 0) is 33.6 Å². The quantitative estimate of drug-likeness (QED) is 0.769. The van der Waals surface area contributed by atoms with Gasteiger partial charge >= 0.3 is 5.97 Å². The van der Waals surface area contributed by atoms with E-state index in [0.29, 0.717) is 12.6 Å². The summed E-state index contributed by atoms with van der Waals surface area (Å²) in [6.07, 6.45) is 7.87. The van der Waals surface area contributed by atoms with Crippen molar-refractivity contribution in [1.82, 2.24) is 5.32 Å². The molecule has 0 heterocycles. The van der Waals surface area contributed by atoms with Crippen molar-refractivity contribution in [3.8, 4) is 0 Å². The molecular formula is C14H27NO2. The lowest BCUT2D eigenvalue weighted by Crippen LogP contribution is -2.55. The molecule has 1 aliphatic rings. The largest absolute Gasteiger partial charge is 0.465 e. The number of carbonyl (C=O) groups is 1. The molecule has 0 unspecified atom stereocenters. The first-order chi connectivity index (χ1) is 8.10. The number of hydrogen-bond acceptors (Lipinski definition) is 3. The van der Waals surface area contributed by atoms with Crippen LogP contribution in [0.5, 0.6) is 0 Å². The molecule has 17 heavy (non-hydrogen) atoms. The number of nitrogens with one attached hydrogen (secondary N) is 1. The average Bonchev–Trinajstić information content (AvgIpc) is 2.22. The third-order valence-electron chi connectivity index (χ3n) is 3.44. The Hall–Kier alpha value is -0.570. The lowest BCUT2D eigenvalue weighted by atomic mass is 9.83. The number of esters is 1.